The summed E-state index contributed by atoms with van der Waals surface area (Å²) in [6, 6.07) is 8.64. The summed E-state index contributed by atoms with van der Waals surface area (Å²) in [5.74, 6) is -0.336. The molecule has 0 spiro atoms. The monoisotopic (exact) mass is 341 g/mol. The number of hydrogen-bond donors (Lipinski definition) is 1. The van der Waals surface area contributed by atoms with Crippen LogP contribution in [0.4, 0.5) is 17.6 Å². The van der Waals surface area contributed by atoms with E-state index in [4.69, 9.17) is 5.73 Å². The number of hydrogen-bond acceptors (Lipinski definition) is 3. The lowest BCUT2D eigenvalue weighted by atomic mass is 10.1. The maximum Gasteiger partial charge on any atom is 0.461 e. The SMILES string of the molecule is Cl.N[C@@H](c1ccc(OC(F)(F)C(F)F)cc1)c1cccs1. The third-order valence-electron chi connectivity index (χ3n) is 2.60. The van der Waals surface area contributed by atoms with E-state index in [0.29, 0.717) is 5.56 Å². The first-order valence-corrected chi connectivity index (χ1v) is 6.52. The lowest BCUT2D eigenvalue weighted by molar-refractivity contribution is -0.253. The van der Waals surface area contributed by atoms with E-state index in [9.17, 15) is 17.6 Å². The van der Waals surface area contributed by atoms with Crippen LogP contribution in [-0.4, -0.2) is 12.5 Å². The van der Waals surface area contributed by atoms with Gasteiger partial charge in [0.15, 0.2) is 0 Å². The van der Waals surface area contributed by atoms with E-state index in [1.165, 1.54) is 35.6 Å². The number of rotatable bonds is 5. The minimum Gasteiger partial charge on any atom is -0.428 e. The van der Waals surface area contributed by atoms with Crippen molar-refractivity contribution in [2.75, 3.05) is 0 Å². The molecule has 0 fully saturated rings. The molecule has 2 N–H and O–H groups in total. The minimum atomic E-state index is -4.50. The summed E-state index contributed by atoms with van der Waals surface area (Å²) in [6.07, 6.45) is -8.38. The van der Waals surface area contributed by atoms with Gasteiger partial charge < -0.3 is 10.5 Å². The Kier molecular flexibility index (Phi) is 6.00. The highest BCUT2D eigenvalue weighted by atomic mass is 35.5. The lowest BCUT2D eigenvalue weighted by Crippen LogP contribution is -2.33. The Morgan fingerprint density at radius 2 is 1.71 bits per heavy atom. The van der Waals surface area contributed by atoms with E-state index < -0.39 is 12.5 Å². The Labute approximate surface area is 128 Å². The Balaban J connectivity index is 0.00000220. The maximum atomic E-state index is 12.7. The van der Waals surface area contributed by atoms with Gasteiger partial charge in [0.25, 0.3) is 0 Å². The Bertz CT molecular complexity index is 548. The fourth-order valence-electron chi connectivity index (χ4n) is 1.58. The van der Waals surface area contributed by atoms with Gasteiger partial charge in [0.05, 0.1) is 6.04 Å². The number of ether oxygens (including phenoxy) is 1. The number of alkyl halides is 4. The summed E-state index contributed by atoms with van der Waals surface area (Å²) < 4.78 is 53.4. The van der Waals surface area contributed by atoms with Crippen molar-refractivity contribution in [1.82, 2.24) is 0 Å². The molecule has 0 unspecified atom stereocenters. The summed E-state index contributed by atoms with van der Waals surface area (Å²) in [5, 5.41) is 1.87. The zero-order chi connectivity index (χ0) is 14.8. The van der Waals surface area contributed by atoms with Crippen molar-refractivity contribution in [3.8, 4) is 5.75 Å². The van der Waals surface area contributed by atoms with Gasteiger partial charge >= 0.3 is 12.5 Å². The number of nitrogens with two attached hydrogens (primary N) is 1. The van der Waals surface area contributed by atoms with Gasteiger partial charge in [-0.2, -0.15) is 17.6 Å². The van der Waals surface area contributed by atoms with E-state index in [2.05, 4.69) is 4.74 Å². The van der Waals surface area contributed by atoms with Gasteiger partial charge in [-0.05, 0) is 29.1 Å². The smallest absolute Gasteiger partial charge is 0.428 e. The normalized spacial score (nSPS) is 12.9. The van der Waals surface area contributed by atoms with Crippen molar-refractivity contribution >= 4 is 23.7 Å². The summed E-state index contributed by atoms with van der Waals surface area (Å²) in [4.78, 5) is 0.913. The molecule has 2 aromatic rings. The molecule has 0 aliphatic rings. The van der Waals surface area contributed by atoms with Crippen molar-refractivity contribution in [2.45, 2.75) is 18.6 Å². The van der Waals surface area contributed by atoms with E-state index in [-0.39, 0.29) is 24.2 Å². The van der Waals surface area contributed by atoms with Gasteiger partial charge in [0.1, 0.15) is 5.75 Å². The third kappa shape index (κ3) is 4.33. The molecule has 0 radical (unpaired) electrons. The van der Waals surface area contributed by atoms with E-state index in [1.807, 2.05) is 17.5 Å². The van der Waals surface area contributed by atoms with Crippen molar-refractivity contribution in [3.05, 3.63) is 52.2 Å². The fourth-order valence-corrected chi connectivity index (χ4v) is 2.33. The molecule has 0 amide bonds. The van der Waals surface area contributed by atoms with Gasteiger partial charge in [-0.1, -0.05) is 18.2 Å². The molecule has 2 rings (SSSR count). The topological polar surface area (TPSA) is 35.2 Å². The van der Waals surface area contributed by atoms with Crippen LogP contribution in [0.15, 0.2) is 41.8 Å². The van der Waals surface area contributed by atoms with Crippen LogP contribution in [0.5, 0.6) is 5.75 Å². The molecule has 0 saturated carbocycles. The molecule has 1 heterocycles. The van der Waals surface area contributed by atoms with Crippen LogP contribution in [-0.2, 0) is 0 Å². The number of thiophene rings is 1. The second-order valence-electron chi connectivity index (χ2n) is 4.03. The summed E-state index contributed by atoms with van der Waals surface area (Å²) in [6.45, 7) is 0. The molecule has 1 atom stereocenters. The van der Waals surface area contributed by atoms with Crippen molar-refractivity contribution < 1.29 is 22.3 Å². The Hall–Kier alpha value is -1.31. The first-order valence-electron chi connectivity index (χ1n) is 5.64. The zero-order valence-corrected chi connectivity index (χ0v) is 12.1. The van der Waals surface area contributed by atoms with Crippen LogP contribution in [0.3, 0.4) is 0 Å². The van der Waals surface area contributed by atoms with E-state index in [1.54, 1.807) is 0 Å². The first kappa shape index (κ1) is 17.7. The first-order chi connectivity index (χ1) is 9.40. The van der Waals surface area contributed by atoms with Gasteiger partial charge in [-0.3, -0.25) is 0 Å². The molecule has 8 heteroatoms. The molecular weight excluding hydrogens is 330 g/mol. The minimum absolute atomic E-state index is 0. The molecule has 0 aliphatic carbocycles. The Morgan fingerprint density at radius 3 is 2.19 bits per heavy atom. The van der Waals surface area contributed by atoms with Crippen molar-refractivity contribution in [2.24, 2.45) is 5.73 Å². The standard InChI is InChI=1S/C13H11F4NOS.ClH/c14-12(15)13(16,17)19-9-5-3-8(4-6-9)11(18)10-2-1-7-20-10;/h1-7,11-12H,18H2;1H/t11-;/m0./s1. The molecule has 116 valence electrons. The molecule has 1 aromatic carbocycles. The highest BCUT2D eigenvalue weighted by Gasteiger charge is 2.43. The van der Waals surface area contributed by atoms with Crippen LogP contribution < -0.4 is 10.5 Å². The van der Waals surface area contributed by atoms with Gasteiger partial charge in [-0.15, -0.1) is 23.7 Å². The van der Waals surface area contributed by atoms with Crippen LogP contribution in [0, 0.1) is 0 Å². The molecular formula is C13H12ClF4NOS. The molecule has 0 bridgehead atoms. The van der Waals surface area contributed by atoms with Gasteiger partial charge in [0, 0.05) is 4.88 Å². The zero-order valence-electron chi connectivity index (χ0n) is 10.5. The predicted molar refractivity (Wildman–Crippen MR) is 75.6 cm³/mol. The average Bonchev–Trinajstić information content (AvgIpc) is 2.92. The molecule has 1 aromatic heterocycles. The van der Waals surface area contributed by atoms with Gasteiger partial charge in [0.2, 0.25) is 0 Å². The molecule has 0 aliphatic heterocycles. The van der Waals surface area contributed by atoms with Gasteiger partial charge in [-0.25, -0.2) is 0 Å². The number of halogens is 5. The summed E-state index contributed by atoms with van der Waals surface area (Å²) >= 11 is 1.47. The highest BCUT2D eigenvalue weighted by molar-refractivity contribution is 7.10. The summed E-state index contributed by atoms with van der Waals surface area (Å²) in [5.41, 5.74) is 6.67. The average molecular weight is 342 g/mol. The molecule has 21 heavy (non-hydrogen) atoms. The lowest BCUT2D eigenvalue weighted by Gasteiger charge is -2.17. The van der Waals surface area contributed by atoms with Crippen molar-refractivity contribution in [1.29, 1.82) is 0 Å². The highest BCUT2D eigenvalue weighted by Crippen LogP contribution is 2.29. The van der Waals surface area contributed by atoms with E-state index in [0.717, 1.165) is 4.88 Å². The van der Waals surface area contributed by atoms with Crippen molar-refractivity contribution in [3.63, 3.8) is 0 Å². The molecule has 2 nitrogen and oxygen atoms in total. The van der Waals surface area contributed by atoms with E-state index >= 15 is 0 Å². The number of benzene rings is 1. The summed E-state index contributed by atoms with van der Waals surface area (Å²) in [7, 11) is 0. The maximum absolute atomic E-state index is 12.7. The predicted octanol–water partition coefficient (Wildman–Crippen LogP) is 4.45. The quantitative estimate of drug-likeness (QED) is 0.815. The Morgan fingerprint density at radius 1 is 1.10 bits per heavy atom. The van der Waals surface area contributed by atoms with Crippen LogP contribution in [0.25, 0.3) is 0 Å². The second kappa shape index (κ2) is 7.11. The van der Waals surface area contributed by atoms with Crippen LogP contribution >= 0.6 is 23.7 Å². The third-order valence-corrected chi connectivity index (χ3v) is 3.55. The van der Waals surface area contributed by atoms with Crippen LogP contribution in [0.1, 0.15) is 16.5 Å². The largest absolute Gasteiger partial charge is 0.461 e. The fraction of sp³-hybridized carbons (Fsp3) is 0.231. The second-order valence-corrected chi connectivity index (χ2v) is 5.01. The van der Waals surface area contributed by atoms with Crippen LogP contribution in [0.2, 0.25) is 0 Å². The molecule has 0 saturated heterocycles.